The fourth-order valence-corrected chi connectivity index (χ4v) is 3.54. The van der Waals surface area contributed by atoms with Crippen LogP contribution in [-0.4, -0.2) is 38.6 Å². The number of rotatable bonds is 10. The van der Waals surface area contributed by atoms with Gasteiger partial charge in [0.05, 0.1) is 11.8 Å². The zero-order valence-corrected chi connectivity index (χ0v) is 20.6. The van der Waals surface area contributed by atoms with Gasteiger partial charge in [0.1, 0.15) is 24.3 Å². The molecule has 0 aliphatic carbocycles. The Hall–Kier alpha value is -4.62. The molecule has 0 spiro atoms. The molecule has 0 N–H and O–H groups in total. The summed E-state index contributed by atoms with van der Waals surface area (Å²) in [5.41, 5.74) is 0.208. The number of aryl methyl sites for hydroxylation is 1. The minimum Gasteiger partial charge on any atom is -0.487 e. The average molecular weight is 565 g/mol. The van der Waals surface area contributed by atoms with Crippen LogP contribution >= 0.6 is 0 Å². The molecule has 0 saturated carbocycles. The Kier molecular flexibility index (Phi) is 8.55. The summed E-state index contributed by atoms with van der Waals surface area (Å²) in [5, 5.41) is 7.37. The molecule has 0 aliphatic rings. The number of hydrogen-bond acceptors (Lipinski definition) is 6. The maximum absolute atomic E-state index is 13.2. The van der Waals surface area contributed by atoms with Gasteiger partial charge in [-0.25, -0.2) is 4.98 Å². The number of aromatic nitrogens is 4. The highest BCUT2D eigenvalue weighted by Crippen LogP contribution is 2.29. The van der Waals surface area contributed by atoms with Crippen molar-refractivity contribution < 1.29 is 40.3 Å². The molecule has 2 aromatic carbocycles. The first-order valence-electron chi connectivity index (χ1n) is 11.7. The van der Waals surface area contributed by atoms with Crippen LogP contribution in [0.2, 0.25) is 0 Å². The average Bonchev–Trinajstić information content (AvgIpc) is 3.60. The van der Waals surface area contributed by atoms with Crippen LogP contribution in [0.1, 0.15) is 29.1 Å². The van der Waals surface area contributed by atoms with E-state index in [1.54, 1.807) is 6.20 Å². The lowest BCUT2D eigenvalue weighted by molar-refractivity contribution is -0.170. The fraction of sp³-hybridized carbons (Fsp3) is 0.231. The third-order valence-electron chi connectivity index (χ3n) is 5.49. The van der Waals surface area contributed by atoms with Crippen molar-refractivity contribution in [2.24, 2.45) is 0 Å². The SMILES string of the molecule is O=C(N(CCCn1ccnn1)c1ccc(OCc2coc(/C=C/c3ccc(C(F)(F)F)cc3)n2)cc1)C(F)(F)F. The van der Waals surface area contributed by atoms with Crippen LogP contribution in [0.5, 0.6) is 5.75 Å². The second-order valence-corrected chi connectivity index (χ2v) is 8.39. The summed E-state index contributed by atoms with van der Waals surface area (Å²) < 4.78 is 89.9. The van der Waals surface area contributed by atoms with Crippen molar-refractivity contribution >= 4 is 23.7 Å². The van der Waals surface area contributed by atoms with Crippen LogP contribution in [0.25, 0.3) is 12.2 Å². The Bertz CT molecular complexity index is 1410. The standard InChI is InChI=1S/C26H21F6N5O3/c27-25(28,29)19-5-2-18(3-6-19)4-11-23-34-20(17-40-23)16-39-22-9-7-21(8-10-22)37(24(38)26(30,31)32)14-1-13-36-15-12-33-35-36/h2-12,15,17H,1,13-14,16H2/b11-4+. The first-order chi connectivity index (χ1) is 19.0. The first kappa shape index (κ1) is 28.4. The lowest BCUT2D eigenvalue weighted by atomic mass is 10.1. The number of nitrogens with zero attached hydrogens (tertiary/aromatic N) is 5. The molecule has 0 radical (unpaired) electrons. The summed E-state index contributed by atoms with van der Waals surface area (Å²) in [5.74, 6) is -1.48. The van der Waals surface area contributed by atoms with Crippen molar-refractivity contribution in [1.82, 2.24) is 20.0 Å². The van der Waals surface area contributed by atoms with Gasteiger partial charge in [-0.3, -0.25) is 9.48 Å². The molecule has 0 atom stereocenters. The van der Waals surface area contributed by atoms with Crippen LogP contribution in [0.3, 0.4) is 0 Å². The molecule has 0 aliphatic heterocycles. The molecule has 4 rings (SSSR count). The molecule has 210 valence electrons. The van der Waals surface area contributed by atoms with E-state index < -0.39 is 23.8 Å². The quantitative estimate of drug-likeness (QED) is 0.219. The van der Waals surface area contributed by atoms with E-state index in [1.807, 2.05) is 0 Å². The Morgan fingerprint density at radius 2 is 1.73 bits per heavy atom. The Morgan fingerprint density at radius 1 is 1.00 bits per heavy atom. The van der Waals surface area contributed by atoms with Crippen LogP contribution in [0, 0.1) is 0 Å². The number of alkyl halides is 6. The van der Waals surface area contributed by atoms with Gasteiger partial charge >= 0.3 is 18.3 Å². The highest BCUT2D eigenvalue weighted by molar-refractivity contribution is 5.97. The molecular formula is C26H21F6N5O3. The predicted octanol–water partition coefficient (Wildman–Crippen LogP) is 6.02. The number of benzene rings is 2. The molecule has 0 unspecified atom stereocenters. The van der Waals surface area contributed by atoms with Crippen LogP contribution in [0.4, 0.5) is 32.0 Å². The van der Waals surface area contributed by atoms with Crippen molar-refractivity contribution in [3.8, 4) is 5.75 Å². The second-order valence-electron chi connectivity index (χ2n) is 8.39. The number of carbonyl (C=O) groups is 1. The highest BCUT2D eigenvalue weighted by atomic mass is 19.4. The summed E-state index contributed by atoms with van der Waals surface area (Å²) in [6.07, 6.45) is -1.89. The molecule has 8 nitrogen and oxygen atoms in total. The minimum atomic E-state index is -5.05. The van der Waals surface area contributed by atoms with Crippen LogP contribution < -0.4 is 9.64 Å². The van der Waals surface area contributed by atoms with Gasteiger partial charge in [0, 0.05) is 31.0 Å². The third-order valence-corrected chi connectivity index (χ3v) is 5.49. The highest BCUT2D eigenvalue weighted by Gasteiger charge is 2.42. The lowest BCUT2D eigenvalue weighted by Gasteiger charge is -2.24. The van der Waals surface area contributed by atoms with Gasteiger partial charge < -0.3 is 14.1 Å². The first-order valence-corrected chi connectivity index (χ1v) is 11.7. The van der Waals surface area contributed by atoms with Gasteiger partial charge in [0.2, 0.25) is 5.89 Å². The topological polar surface area (TPSA) is 86.3 Å². The molecule has 2 aromatic heterocycles. The Morgan fingerprint density at radius 3 is 2.35 bits per heavy atom. The summed E-state index contributed by atoms with van der Waals surface area (Å²) in [7, 11) is 0. The van der Waals surface area contributed by atoms with E-state index in [2.05, 4.69) is 15.3 Å². The van der Waals surface area contributed by atoms with E-state index in [1.165, 1.54) is 65.7 Å². The van der Waals surface area contributed by atoms with E-state index in [0.29, 0.717) is 21.9 Å². The van der Waals surface area contributed by atoms with Crippen molar-refractivity contribution in [3.63, 3.8) is 0 Å². The number of halogens is 6. The predicted molar refractivity (Wildman–Crippen MR) is 131 cm³/mol. The minimum absolute atomic E-state index is 0.0277. The molecule has 0 fully saturated rings. The zero-order chi connectivity index (χ0) is 28.8. The van der Waals surface area contributed by atoms with Gasteiger partial charge in [-0.1, -0.05) is 17.3 Å². The van der Waals surface area contributed by atoms with Gasteiger partial charge in [0.25, 0.3) is 0 Å². The molecule has 14 heteroatoms. The number of ether oxygens (including phenoxy) is 1. The van der Waals surface area contributed by atoms with Crippen LogP contribution in [-0.2, 0) is 24.1 Å². The summed E-state index contributed by atoms with van der Waals surface area (Å²) in [6, 6.07) is 10.1. The Balaban J connectivity index is 1.34. The van der Waals surface area contributed by atoms with Crippen molar-refractivity contribution in [2.45, 2.75) is 31.9 Å². The Labute approximate surface area is 223 Å². The normalized spacial score (nSPS) is 12.2. The zero-order valence-electron chi connectivity index (χ0n) is 20.6. The second kappa shape index (κ2) is 12.1. The summed E-state index contributed by atoms with van der Waals surface area (Å²) in [4.78, 5) is 16.9. The number of carbonyl (C=O) groups excluding carboxylic acids is 1. The number of anilines is 1. The van der Waals surface area contributed by atoms with Crippen molar-refractivity contribution in [2.75, 3.05) is 11.4 Å². The molecule has 0 saturated heterocycles. The van der Waals surface area contributed by atoms with Crippen molar-refractivity contribution in [1.29, 1.82) is 0 Å². The molecule has 40 heavy (non-hydrogen) atoms. The largest absolute Gasteiger partial charge is 0.487 e. The lowest BCUT2D eigenvalue weighted by Crippen LogP contribution is -2.42. The maximum Gasteiger partial charge on any atom is 0.471 e. The monoisotopic (exact) mass is 565 g/mol. The fourth-order valence-electron chi connectivity index (χ4n) is 3.54. The van der Waals surface area contributed by atoms with E-state index in [0.717, 1.165) is 12.1 Å². The van der Waals surface area contributed by atoms with Gasteiger partial charge in [-0.2, -0.15) is 26.3 Å². The van der Waals surface area contributed by atoms with Crippen LogP contribution in [0.15, 0.2) is 71.6 Å². The molecular weight excluding hydrogens is 544 g/mol. The van der Waals surface area contributed by atoms with E-state index in [-0.39, 0.29) is 37.7 Å². The number of amides is 1. The van der Waals surface area contributed by atoms with E-state index in [4.69, 9.17) is 9.15 Å². The van der Waals surface area contributed by atoms with E-state index >= 15 is 0 Å². The molecule has 4 aromatic rings. The molecule has 1 amide bonds. The van der Waals surface area contributed by atoms with Gasteiger partial charge in [-0.15, -0.1) is 5.10 Å². The smallest absolute Gasteiger partial charge is 0.471 e. The van der Waals surface area contributed by atoms with Gasteiger partial charge in [0.15, 0.2) is 0 Å². The van der Waals surface area contributed by atoms with Gasteiger partial charge in [-0.05, 0) is 54.5 Å². The summed E-state index contributed by atoms with van der Waals surface area (Å²) >= 11 is 0. The number of oxazole rings is 1. The molecule has 0 bridgehead atoms. The van der Waals surface area contributed by atoms with Crippen molar-refractivity contribution in [3.05, 3.63) is 89.9 Å². The maximum atomic E-state index is 13.2. The molecule has 2 heterocycles. The number of hydrogen-bond donors (Lipinski definition) is 0. The third kappa shape index (κ3) is 7.71. The summed E-state index contributed by atoms with van der Waals surface area (Å²) in [6.45, 7) is 0.0578. The van der Waals surface area contributed by atoms with E-state index in [9.17, 15) is 31.1 Å².